The Kier molecular flexibility index (Phi) is 5.01. The molecule has 1 saturated heterocycles. The van der Waals surface area contributed by atoms with Crippen LogP contribution in [0.4, 0.5) is 0 Å². The summed E-state index contributed by atoms with van der Waals surface area (Å²) in [6.07, 6.45) is 3.44. The van der Waals surface area contributed by atoms with E-state index < -0.39 is 28.8 Å². The van der Waals surface area contributed by atoms with Crippen molar-refractivity contribution in [3.8, 4) is 46.0 Å². The molecule has 3 heterocycles. The molecule has 2 fully saturated rings. The third kappa shape index (κ3) is 3.31. The van der Waals surface area contributed by atoms with Crippen molar-refractivity contribution in [2.45, 2.75) is 42.2 Å². The molecule has 0 amide bonds. The van der Waals surface area contributed by atoms with Crippen LogP contribution < -0.4 is 9.47 Å². The maximum Gasteiger partial charge on any atom is 0.272 e. The van der Waals surface area contributed by atoms with Gasteiger partial charge in [0.25, 0.3) is 5.79 Å². The van der Waals surface area contributed by atoms with Gasteiger partial charge in [0.15, 0.2) is 17.0 Å². The Labute approximate surface area is 250 Å². The number of phenolic OH excluding ortho intramolecular Hbond substituents is 6. The van der Waals surface area contributed by atoms with Crippen molar-refractivity contribution in [3.63, 3.8) is 0 Å². The van der Waals surface area contributed by atoms with Gasteiger partial charge in [-0.2, -0.15) is 0 Å². The molecular formula is C34H26O10. The highest BCUT2D eigenvalue weighted by atomic mass is 16.8. The van der Waals surface area contributed by atoms with Crippen LogP contribution in [0.25, 0.3) is 12.2 Å². The number of rotatable bonds is 3. The number of epoxide rings is 1. The molecule has 1 saturated carbocycles. The molecule has 3 aliphatic heterocycles. The normalized spacial score (nSPS) is 29.1. The van der Waals surface area contributed by atoms with Crippen molar-refractivity contribution in [2.24, 2.45) is 0 Å². The van der Waals surface area contributed by atoms with Gasteiger partial charge in [-0.25, -0.2) is 0 Å². The molecule has 5 unspecified atom stereocenters. The van der Waals surface area contributed by atoms with Gasteiger partial charge >= 0.3 is 0 Å². The van der Waals surface area contributed by atoms with Crippen molar-refractivity contribution < 1.29 is 49.6 Å². The zero-order valence-electron chi connectivity index (χ0n) is 23.2. The lowest BCUT2D eigenvalue weighted by atomic mass is 9.56. The zero-order valence-corrected chi connectivity index (χ0v) is 23.2. The highest BCUT2D eigenvalue weighted by Gasteiger charge is 2.87. The first-order chi connectivity index (χ1) is 21.0. The Morgan fingerprint density at radius 1 is 0.750 bits per heavy atom. The van der Waals surface area contributed by atoms with E-state index in [9.17, 15) is 35.4 Å². The summed E-state index contributed by atoms with van der Waals surface area (Å²) in [6.45, 7) is 1.68. The van der Waals surface area contributed by atoms with E-state index in [-0.39, 0.29) is 63.6 Å². The standard InChI is InChI=1S/C34H26O10/c1-32-15-23(21-8-6-20(37)14-27(21)42-32)33-30(31(32)41)29-26(40)10-16(2-3-17-4-5-18(35)12-24(17)38)11-28(29)43-34(33,44-33)22-9-7-19(36)13-25(22)39/h2-14,23,30,35-40H,15H2,1H3. The van der Waals surface area contributed by atoms with E-state index in [1.54, 1.807) is 31.2 Å². The molecule has 10 nitrogen and oxygen atoms in total. The first-order valence-electron chi connectivity index (χ1n) is 14.0. The number of Topliss-reactive ketones (excluding diaryl/α,β-unsaturated/α-hetero) is 1. The third-order valence-corrected chi connectivity index (χ3v) is 9.31. The first kappa shape index (κ1) is 26.3. The monoisotopic (exact) mass is 594 g/mol. The fourth-order valence-corrected chi connectivity index (χ4v) is 7.36. The van der Waals surface area contributed by atoms with Gasteiger partial charge < -0.3 is 44.8 Å². The van der Waals surface area contributed by atoms with E-state index >= 15 is 0 Å². The van der Waals surface area contributed by atoms with Gasteiger partial charge in [0.05, 0.1) is 11.5 Å². The number of carbonyl (C=O) groups is 1. The van der Waals surface area contributed by atoms with Crippen molar-refractivity contribution in [1.82, 2.24) is 0 Å². The second-order valence-electron chi connectivity index (χ2n) is 12.0. The third-order valence-electron chi connectivity index (χ3n) is 9.31. The van der Waals surface area contributed by atoms with Crippen LogP contribution >= 0.6 is 0 Å². The van der Waals surface area contributed by atoms with E-state index in [0.717, 1.165) is 0 Å². The van der Waals surface area contributed by atoms with E-state index in [0.29, 0.717) is 22.4 Å². The maximum atomic E-state index is 14.5. The molecular weight excluding hydrogens is 568 g/mol. The fourth-order valence-electron chi connectivity index (χ4n) is 7.36. The molecule has 1 spiro atoms. The average molecular weight is 595 g/mol. The van der Waals surface area contributed by atoms with Crippen molar-refractivity contribution in [1.29, 1.82) is 0 Å². The number of fused-ring (bicyclic) bond motifs is 6. The summed E-state index contributed by atoms with van der Waals surface area (Å²) >= 11 is 0. The van der Waals surface area contributed by atoms with Crippen LogP contribution in [0, 0.1) is 0 Å². The van der Waals surface area contributed by atoms with Crippen LogP contribution in [0.5, 0.6) is 46.0 Å². The first-order valence-corrected chi connectivity index (χ1v) is 14.0. The molecule has 6 N–H and O–H groups in total. The van der Waals surface area contributed by atoms with Crippen molar-refractivity contribution in [3.05, 3.63) is 94.5 Å². The Morgan fingerprint density at radius 2 is 1.45 bits per heavy atom. The van der Waals surface area contributed by atoms with E-state index in [2.05, 4.69) is 0 Å². The van der Waals surface area contributed by atoms with E-state index in [1.807, 2.05) is 0 Å². The minimum Gasteiger partial charge on any atom is -0.508 e. The minimum absolute atomic E-state index is 0.0305. The van der Waals surface area contributed by atoms with Crippen LogP contribution in [0.15, 0.2) is 66.7 Å². The summed E-state index contributed by atoms with van der Waals surface area (Å²) in [7, 11) is 0. The number of aromatic hydroxyl groups is 6. The van der Waals surface area contributed by atoms with E-state index in [1.165, 1.54) is 54.6 Å². The van der Waals surface area contributed by atoms with Crippen molar-refractivity contribution >= 4 is 17.9 Å². The number of ether oxygens (including phenoxy) is 3. The molecule has 5 atom stereocenters. The summed E-state index contributed by atoms with van der Waals surface area (Å²) in [5.74, 6) is -4.11. The van der Waals surface area contributed by atoms with E-state index in [4.69, 9.17) is 14.2 Å². The largest absolute Gasteiger partial charge is 0.508 e. The topological polar surface area (TPSA) is 169 Å². The number of carbonyl (C=O) groups excluding carboxylic acids is 1. The Bertz CT molecular complexity index is 1970. The van der Waals surface area contributed by atoms with Gasteiger partial charge in [-0.1, -0.05) is 18.2 Å². The molecule has 2 bridgehead atoms. The highest BCUT2D eigenvalue weighted by Crippen LogP contribution is 2.77. The SMILES string of the molecule is CC12CC(c3ccc(O)cc3O1)C13OC1(c1ccc(O)cc1O)Oc1cc(C=Cc4ccc(O)cc4O)cc(O)c1C3C2=O. The molecule has 4 aromatic rings. The highest BCUT2D eigenvalue weighted by molar-refractivity contribution is 5.99. The summed E-state index contributed by atoms with van der Waals surface area (Å²) in [6, 6.07) is 16.0. The number of phenols is 6. The van der Waals surface area contributed by atoms with Gasteiger partial charge in [0, 0.05) is 47.2 Å². The Balaban J connectivity index is 1.34. The smallest absolute Gasteiger partial charge is 0.272 e. The van der Waals surface area contributed by atoms with Crippen LogP contribution in [0.3, 0.4) is 0 Å². The number of ketones is 1. The quantitative estimate of drug-likeness (QED) is 0.139. The van der Waals surface area contributed by atoms with Crippen LogP contribution in [0.1, 0.15) is 53.0 Å². The molecule has 222 valence electrons. The van der Waals surface area contributed by atoms with Gasteiger partial charge in [0.2, 0.25) is 0 Å². The van der Waals surface area contributed by atoms with Gasteiger partial charge in [-0.05, 0) is 55.0 Å². The van der Waals surface area contributed by atoms with Crippen LogP contribution in [0.2, 0.25) is 0 Å². The lowest BCUT2D eigenvalue weighted by Gasteiger charge is -2.51. The fraction of sp³-hybridized carbons (Fsp3) is 0.206. The van der Waals surface area contributed by atoms with Gasteiger partial charge in [0.1, 0.15) is 46.0 Å². The summed E-state index contributed by atoms with van der Waals surface area (Å²) in [5.41, 5.74) is -0.756. The molecule has 8 rings (SSSR count). The van der Waals surface area contributed by atoms with Gasteiger partial charge in [-0.15, -0.1) is 0 Å². The van der Waals surface area contributed by atoms with Crippen LogP contribution in [-0.2, 0) is 15.3 Å². The minimum atomic E-state index is -1.68. The molecule has 0 radical (unpaired) electrons. The van der Waals surface area contributed by atoms with Crippen molar-refractivity contribution in [2.75, 3.05) is 0 Å². The number of hydrogen-bond acceptors (Lipinski definition) is 10. The Hall–Kier alpha value is -5.35. The number of hydrogen-bond donors (Lipinski definition) is 6. The summed E-state index contributed by atoms with van der Waals surface area (Å²) in [5, 5.41) is 62.6. The second kappa shape index (κ2) is 8.39. The molecule has 10 heteroatoms. The predicted molar refractivity (Wildman–Crippen MR) is 155 cm³/mol. The molecule has 1 aliphatic carbocycles. The lowest BCUT2D eigenvalue weighted by molar-refractivity contribution is -0.145. The zero-order chi connectivity index (χ0) is 30.8. The van der Waals surface area contributed by atoms with Crippen LogP contribution in [-0.4, -0.2) is 47.6 Å². The molecule has 4 aromatic carbocycles. The summed E-state index contributed by atoms with van der Waals surface area (Å²) < 4.78 is 19.4. The number of benzene rings is 4. The molecule has 4 aliphatic rings. The lowest BCUT2D eigenvalue weighted by Crippen LogP contribution is -2.61. The Morgan fingerprint density at radius 3 is 2.20 bits per heavy atom. The maximum absolute atomic E-state index is 14.5. The summed E-state index contributed by atoms with van der Waals surface area (Å²) in [4.78, 5) is 14.5. The van der Waals surface area contributed by atoms with Gasteiger partial charge in [-0.3, -0.25) is 4.79 Å². The second-order valence-corrected chi connectivity index (χ2v) is 12.0. The molecule has 44 heavy (non-hydrogen) atoms. The molecule has 0 aromatic heterocycles. The average Bonchev–Trinajstić information content (AvgIpc) is 3.63. The predicted octanol–water partition coefficient (Wildman–Crippen LogP) is 5.10.